The van der Waals surface area contributed by atoms with Crippen molar-refractivity contribution in [3.05, 3.63) is 70.2 Å². The van der Waals surface area contributed by atoms with Crippen molar-refractivity contribution in [2.24, 2.45) is 0 Å². The van der Waals surface area contributed by atoms with Gasteiger partial charge in [0, 0.05) is 22.4 Å². The Hall–Kier alpha value is -2.82. The Morgan fingerprint density at radius 1 is 1.24 bits per heavy atom. The third-order valence-electron chi connectivity index (χ3n) is 3.96. The number of thiazole rings is 1. The standard InChI is InChI=1S/C22H21N3O2S2/c1-16-7-9-18(10-8-16)27-14-22-24-17(15-29-22)13-21(26)25-19-5-2-3-6-20(19)28-12-4-11-23/h2-3,5-10,15H,4,12-14H2,1H3,(H,25,26). The first-order chi connectivity index (χ1) is 14.1. The largest absolute Gasteiger partial charge is 0.486 e. The van der Waals surface area contributed by atoms with Gasteiger partial charge in [0.2, 0.25) is 5.91 Å². The molecule has 3 rings (SSSR count). The summed E-state index contributed by atoms with van der Waals surface area (Å²) in [5, 5.41) is 14.4. The molecule has 1 heterocycles. The van der Waals surface area contributed by atoms with E-state index in [0.717, 1.165) is 27.0 Å². The van der Waals surface area contributed by atoms with Crippen molar-refractivity contribution < 1.29 is 9.53 Å². The monoisotopic (exact) mass is 423 g/mol. The predicted octanol–water partition coefficient (Wildman–Crippen LogP) is 5.22. The number of nitriles is 1. The molecule has 1 N–H and O–H groups in total. The fraction of sp³-hybridized carbons (Fsp3) is 0.227. The molecule has 3 aromatic rings. The molecule has 29 heavy (non-hydrogen) atoms. The maximum absolute atomic E-state index is 12.4. The van der Waals surface area contributed by atoms with Gasteiger partial charge in [0.05, 0.1) is 23.9 Å². The highest BCUT2D eigenvalue weighted by molar-refractivity contribution is 7.99. The van der Waals surface area contributed by atoms with Crippen LogP contribution in [0.3, 0.4) is 0 Å². The number of nitrogens with zero attached hydrogens (tertiary/aromatic N) is 2. The number of ether oxygens (including phenoxy) is 1. The summed E-state index contributed by atoms with van der Waals surface area (Å²) in [5.41, 5.74) is 2.67. The zero-order valence-corrected chi connectivity index (χ0v) is 17.7. The second-order valence-electron chi connectivity index (χ2n) is 6.31. The number of amides is 1. The number of nitrogens with one attached hydrogen (secondary N) is 1. The van der Waals surface area contributed by atoms with Crippen molar-refractivity contribution in [3.8, 4) is 11.8 Å². The van der Waals surface area contributed by atoms with Crippen LogP contribution in [0.5, 0.6) is 5.75 Å². The lowest BCUT2D eigenvalue weighted by Gasteiger charge is -2.09. The van der Waals surface area contributed by atoms with Crippen LogP contribution in [0.4, 0.5) is 5.69 Å². The maximum atomic E-state index is 12.4. The topological polar surface area (TPSA) is 75.0 Å². The third-order valence-corrected chi connectivity index (χ3v) is 5.90. The molecule has 0 saturated heterocycles. The normalized spacial score (nSPS) is 10.3. The number of benzene rings is 2. The first-order valence-corrected chi connectivity index (χ1v) is 11.0. The summed E-state index contributed by atoms with van der Waals surface area (Å²) >= 11 is 3.05. The lowest BCUT2D eigenvalue weighted by atomic mass is 10.2. The number of carbonyl (C=O) groups excluding carboxylic acids is 1. The fourth-order valence-corrected chi connectivity index (χ4v) is 4.10. The number of carbonyl (C=O) groups is 1. The summed E-state index contributed by atoms with van der Waals surface area (Å²) in [6.45, 7) is 2.42. The molecule has 148 valence electrons. The summed E-state index contributed by atoms with van der Waals surface area (Å²) in [4.78, 5) is 17.9. The SMILES string of the molecule is Cc1ccc(OCc2nc(CC(=O)Nc3ccccc3SCCC#N)cs2)cc1. The molecule has 1 amide bonds. The predicted molar refractivity (Wildman–Crippen MR) is 117 cm³/mol. The van der Waals surface area contributed by atoms with E-state index in [4.69, 9.17) is 10.00 Å². The van der Waals surface area contributed by atoms with Gasteiger partial charge in [-0.25, -0.2) is 4.98 Å². The van der Waals surface area contributed by atoms with Gasteiger partial charge in [-0.3, -0.25) is 4.79 Å². The minimum atomic E-state index is -0.116. The molecular formula is C22H21N3O2S2. The Balaban J connectivity index is 1.52. The summed E-state index contributed by atoms with van der Waals surface area (Å²) in [6.07, 6.45) is 0.678. The summed E-state index contributed by atoms with van der Waals surface area (Å²) in [5.74, 6) is 1.38. The molecule has 0 aliphatic rings. The third kappa shape index (κ3) is 6.63. The van der Waals surface area contributed by atoms with Gasteiger partial charge in [0.15, 0.2) is 0 Å². The molecule has 0 atom stereocenters. The van der Waals surface area contributed by atoms with Gasteiger partial charge >= 0.3 is 0 Å². The lowest BCUT2D eigenvalue weighted by molar-refractivity contribution is -0.115. The van der Waals surface area contributed by atoms with Crippen molar-refractivity contribution in [1.82, 2.24) is 4.98 Å². The van der Waals surface area contributed by atoms with E-state index in [-0.39, 0.29) is 12.3 Å². The van der Waals surface area contributed by atoms with Crippen LogP contribution >= 0.6 is 23.1 Å². The highest BCUT2D eigenvalue weighted by Crippen LogP contribution is 2.27. The number of hydrogen-bond acceptors (Lipinski definition) is 6. The van der Waals surface area contributed by atoms with Crippen LogP contribution in [0.25, 0.3) is 0 Å². The molecule has 0 aliphatic heterocycles. The van der Waals surface area contributed by atoms with E-state index in [1.165, 1.54) is 16.9 Å². The molecule has 0 fully saturated rings. The number of aromatic nitrogens is 1. The van der Waals surface area contributed by atoms with E-state index >= 15 is 0 Å². The fourth-order valence-electron chi connectivity index (χ4n) is 2.54. The number of rotatable bonds is 9. The van der Waals surface area contributed by atoms with Gasteiger partial charge in [0.1, 0.15) is 17.4 Å². The minimum absolute atomic E-state index is 0.116. The van der Waals surface area contributed by atoms with Crippen molar-refractivity contribution >= 4 is 34.7 Å². The van der Waals surface area contributed by atoms with Gasteiger partial charge in [-0.15, -0.1) is 23.1 Å². The molecule has 0 radical (unpaired) electrons. The molecule has 0 spiro atoms. The highest BCUT2D eigenvalue weighted by atomic mass is 32.2. The molecule has 0 aliphatic carbocycles. The van der Waals surface area contributed by atoms with Gasteiger partial charge < -0.3 is 10.1 Å². The number of aryl methyl sites for hydroxylation is 1. The van der Waals surface area contributed by atoms with Crippen LogP contribution in [-0.2, 0) is 17.8 Å². The van der Waals surface area contributed by atoms with E-state index in [9.17, 15) is 4.79 Å². The maximum Gasteiger partial charge on any atom is 0.230 e. The second kappa shape index (κ2) is 10.6. The summed E-state index contributed by atoms with van der Waals surface area (Å²) in [7, 11) is 0. The van der Waals surface area contributed by atoms with E-state index in [1.807, 2.05) is 60.8 Å². The molecule has 0 saturated carbocycles. The summed E-state index contributed by atoms with van der Waals surface area (Å²) < 4.78 is 5.75. The quantitative estimate of drug-likeness (QED) is 0.377. The Morgan fingerprint density at radius 2 is 2.03 bits per heavy atom. The smallest absolute Gasteiger partial charge is 0.230 e. The summed E-state index contributed by atoms with van der Waals surface area (Å²) in [6, 6.07) is 17.6. The Morgan fingerprint density at radius 3 is 2.83 bits per heavy atom. The molecular weight excluding hydrogens is 402 g/mol. The van der Waals surface area contributed by atoms with E-state index in [0.29, 0.717) is 18.8 Å². The number of anilines is 1. The zero-order chi connectivity index (χ0) is 20.5. The van der Waals surface area contributed by atoms with Crippen LogP contribution in [0, 0.1) is 18.3 Å². The molecule has 0 unspecified atom stereocenters. The second-order valence-corrected chi connectivity index (χ2v) is 8.39. The Kier molecular flexibility index (Phi) is 7.68. The molecule has 5 nitrogen and oxygen atoms in total. The number of para-hydroxylation sites is 1. The van der Waals surface area contributed by atoms with Gasteiger partial charge in [-0.2, -0.15) is 5.26 Å². The lowest BCUT2D eigenvalue weighted by Crippen LogP contribution is -2.15. The van der Waals surface area contributed by atoms with Gasteiger partial charge in [0.25, 0.3) is 0 Å². The van der Waals surface area contributed by atoms with E-state index < -0.39 is 0 Å². The molecule has 0 bridgehead atoms. The molecule has 1 aromatic heterocycles. The average Bonchev–Trinajstić information content (AvgIpc) is 3.16. The van der Waals surface area contributed by atoms with Crippen molar-refractivity contribution in [1.29, 1.82) is 5.26 Å². The van der Waals surface area contributed by atoms with Crippen LogP contribution in [-0.4, -0.2) is 16.6 Å². The van der Waals surface area contributed by atoms with Gasteiger partial charge in [-0.05, 0) is 31.2 Å². The van der Waals surface area contributed by atoms with Crippen molar-refractivity contribution in [2.75, 3.05) is 11.1 Å². The number of hydrogen-bond donors (Lipinski definition) is 1. The Labute approximate surface area is 178 Å². The van der Waals surface area contributed by atoms with Crippen LogP contribution < -0.4 is 10.1 Å². The van der Waals surface area contributed by atoms with Crippen LogP contribution in [0.1, 0.15) is 22.7 Å². The molecule has 7 heteroatoms. The van der Waals surface area contributed by atoms with Gasteiger partial charge in [-0.1, -0.05) is 29.8 Å². The van der Waals surface area contributed by atoms with Crippen LogP contribution in [0.2, 0.25) is 0 Å². The van der Waals surface area contributed by atoms with Crippen LogP contribution in [0.15, 0.2) is 58.8 Å². The Bertz CT molecular complexity index is 994. The van der Waals surface area contributed by atoms with E-state index in [2.05, 4.69) is 16.4 Å². The first-order valence-electron chi connectivity index (χ1n) is 9.15. The highest BCUT2D eigenvalue weighted by Gasteiger charge is 2.11. The average molecular weight is 424 g/mol. The zero-order valence-electron chi connectivity index (χ0n) is 16.1. The molecule has 2 aromatic carbocycles. The first kappa shape index (κ1) is 20.9. The van der Waals surface area contributed by atoms with E-state index in [1.54, 1.807) is 11.8 Å². The van der Waals surface area contributed by atoms with Crippen molar-refractivity contribution in [3.63, 3.8) is 0 Å². The van der Waals surface area contributed by atoms with Crippen molar-refractivity contribution in [2.45, 2.75) is 31.3 Å². The minimum Gasteiger partial charge on any atom is -0.486 e. The number of thioether (sulfide) groups is 1.